The summed E-state index contributed by atoms with van der Waals surface area (Å²) in [5.41, 5.74) is 0. The van der Waals surface area contributed by atoms with Crippen LogP contribution in [0.4, 0.5) is 0 Å². The molecule has 1 saturated carbocycles. The van der Waals surface area contributed by atoms with E-state index in [0.717, 1.165) is 32.4 Å². The first-order valence-electron chi connectivity index (χ1n) is 8.79. The standard InChI is InChI=1S/C17H30N2O3S/c1-4-22-15-7-13(8-15)9-16(20)18-10-14-5-6-19(14)17(21)11-23-12(2)3/h12-15H,4-11H2,1-3H3,(H,18,20). The molecular formula is C17H30N2O3S. The van der Waals surface area contributed by atoms with E-state index in [1.54, 1.807) is 11.8 Å². The topological polar surface area (TPSA) is 58.6 Å². The number of nitrogens with one attached hydrogen (secondary N) is 1. The highest BCUT2D eigenvalue weighted by Gasteiger charge is 2.33. The number of likely N-dealkylation sites (tertiary alicyclic amines) is 1. The fraction of sp³-hybridized carbons (Fsp3) is 0.882. The normalized spacial score (nSPS) is 26.6. The first kappa shape index (κ1) is 18.6. The van der Waals surface area contributed by atoms with Gasteiger partial charge in [0.05, 0.1) is 17.9 Å². The van der Waals surface area contributed by atoms with Crippen molar-refractivity contribution < 1.29 is 14.3 Å². The zero-order chi connectivity index (χ0) is 16.8. The number of hydrogen-bond donors (Lipinski definition) is 1. The van der Waals surface area contributed by atoms with Crippen LogP contribution >= 0.6 is 11.8 Å². The number of thioether (sulfide) groups is 1. The second-order valence-corrected chi connectivity index (χ2v) is 8.38. The summed E-state index contributed by atoms with van der Waals surface area (Å²) in [4.78, 5) is 26.0. The van der Waals surface area contributed by atoms with Crippen molar-refractivity contribution in [1.82, 2.24) is 10.2 Å². The van der Waals surface area contributed by atoms with Crippen molar-refractivity contribution >= 4 is 23.6 Å². The van der Waals surface area contributed by atoms with E-state index >= 15 is 0 Å². The maximum Gasteiger partial charge on any atom is 0.232 e. The first-order chi connectivity index (χ1) is 11.0. The molecule has 2 aliphatic rings. The number of hydrogen-bond acceptors (Lipinski definition) is 4. The van der Waals surface area contributed by atoms with E-state index in [1.807, 2.05) is 11.8 Å². The van der Waals surface area contributed by atoms with E-state index in [4.69, 9.17) is 4.74 Å². The van der Waals surface area contributed by atoms with Crippen molar-refractivity contribution in [3.05, 3.63) is 0 Å². The third-order valence-corrected chi connectivity index (χ3v) is 5.69. The molecule has 1 aliphatic heterocycles. The van der Waals surface area contributed by atoms with E-state index < -0.39 is 0 Å². The fourth-order valence-corrected chi connectivity index (χ4v) is 3.72. The number of amides is 2. The predicted molar refractivity (Wildman–Crippen MR) is 93.5 cm³/mol. The second-order valence-electron chi connectivity index (χ2n) is 6.81. The maximum atomic E-state index is 12.1. The SMILES string of the molecule is CCOC1CC(CC(=O)NCC2CCN2C(=O)CSC(C)C)C1. The Morgan fingerprint density at radius 1 is 1.35 bits per heavy atom. The lowest BCUT2D eigenvalue weighted by Crippen LogP contribution is -2.56. The van der Waals surface area contributed by atoms with Crippen molar-refractivity contribution in [3.63, 3.8) is 0 Å². The van der Waals surface area contributed by atoms with Crippen LogP contribution in [0.15, 0.2) is 0 Å². The molecule has 0 aromatic carbocycles. The van der Waals surface area contributed by atoms with Gasteiger partial charge >= 0.3 is 0 Å². The summed E-state index contributed by atoms with van der Waals surface area (Å²) in [6.07, 6.45) is 3.95. The molecule has 2 amide bonds. The van der Waals surface area contributed by atoms with Crippen LogP contribution in [0, 0.1) is 5.92 Å². The molecule has 1 aliphatic carbocycles. The second kappa shape index (κ2) is 8.92. The lowest BCUT2D eigenvalue weighted by molar-refractivity contribution is -0.136. The van der Waals surface area contributed by atoms with Crippen LogP contribution in [0.2, 0.25) is 0 Å². The van der Waals surface area contributed by atoms with Gasteiger partial charge in [-0.05, 0) is 37.4 Å². The summed E-state index contributed by atoms with van der Waals surface area (Å²) in [7, 11) is 0. The molecule has 0 aromatic heterocycles. The Hall–Kier alpha value is -0.750. The molecule has 23 heavy (non-hydrogen) atoms. The van der Waals surface area contributed by atoms with Gasteiger partial charge in [0, 0.05) is 26.1 Å². The summed E-state index contributed by atoms with van der Waals surface area (Å²) in [6.45, 7) is 8.38. The highest BCUT2D eigenvalue weighted by Crippen LogP contribution is 2.32. The number of rotatable bonds is 9. The molecule has 0 bridgehead atoms. The lowest BCUT2D eigenvalue weighted by atomic mass is 9.80. The Morgan fingerprint density at radius 2 is 2.09 bits per heavy atom. The number of nitrogens with zero attached hydrogens (tertiary/aromatic N) is 1. The summed E-state index contributed by atoms with van der Waals surface area (Å²) < 4.78 is 5.52. The van der Waals surface area contributed by atoms with Crippen LogP contribution < -0.4 is 5.32 Å². The average Bonchev–Trinajstić information content (AvgIpc) is 2.42. The third kappa shape index (κ3) is 5.68. The highest BCUT2D eigenvalue weighted by atomic mass is 32.2. The molecule has 1 N–H and O–H groups in total. The summed E-state index contributed by atoms with van der Waals surface area (Å²) in [6, 6.07) is 0.191. The van der Waals surface area contributed by atoms with Gasteiger partial charge in [-0.25, -0.2) is 0 Å². The molecule has 1 saturated heterocycles. The molecule has 6 heteroatoms. The van der Waals surface area contributed by atoms with Crippen LogP contribution in [0.1, 0.15) is 46.5 Å². The number of carbonyl (C=O) groups is 2. The molecule has 0 aromatic rings. The van der Waals surface area contributed by atoms with Crippen LogP contribution in [0.25, 0.3) is 0 Å². The van der Waals surface area contributed by atoms with Gasteiger partial charge in [0.1, 0.15) is 0 Å². The van der Waals surface area contributed by atoms with E-state index in [1.165, 1.54) is 0 Å². The minimum atomic E-state index is 0.112. The zero-order valence-electron chi connectivity index (χ0n) is 14.5. The van der Waals surface area contributed by atoms with Gasteiger partial charge in [0.2, 0.25) is 11.8 Å². The Morgan fingerprint density at radius 3 is 2.65 bits per heavy atom. The minimum Gasteiger partial charge on any atom is -0.378 e. The largest absolute Gasteiger partial charge is 0.378 e. The summed E-state index contributed by atoms with van der Waals surface area (Å²) in [5.74, 6) is 1.32. The van der Waals surface area contributed by atoms with E-state index in [9.17, 15) is 9.59 Å². The van der Waals surface area contributed by atoms with Gasteiger partial charge < -0.3 is 15.0 Å². The van der Waals surface area contributed by atoms with Gasteiger partial charge in [-0.1, -0.05) is 13.8 Å². The quantitative estimate of drug-likeness (QED) is 0.697. The molecule has 0 spiro atoms. The number of carbonyl (C=O) groups excluding carboxylic acids is 2. The molecular weight excluding hydrogens is 312 g/mol. The van der Waals surface area contributed by atoms with E-state index in [0.29, 0.717) is 36.0 Å². The Balaban J connectivity index is 1.58. The minimum absolute atomic E-state index is 0.112. The van der Waals surface area contributed by atoms with Gasteiger partial charge in [-0.2, -0.15) is 0 Å². The molecule has 2 rings (SSSR count). The molecule has 0 radical (unpaired) electrons. The predicted octanol–water partition coefficient (Wildman–Crippen LogP) is 2.05. The van der Waals surface area contributed by atoms with Crippen molar-refractivity contribution in [2.24, 2.45) is 5.92 Å². The third-order valence-electron chi connectivity index (χ3n) is 4.61. The summed E-state index contributed by atoms with van der Waals surface area (Å²) >= 11 is 1.68. The van der Waals surface area contributed by atoms with Crippen LogP contribution in [-0.2, 0) is 14.3 Å². The summed E-state index contributed by atoms with van der Waals surface area (Å²) in [5, 5.41) is 3.47. The monoisotopic (exact) mass is 342 g/mol. The zero-order valence-corrected chi connectivity index (χ0v) is 15.4. The van der Waals surface area contributed by atoms with Gasteiger partial charge in [-0.3, -0.25) is 9.59 Å². The first-order valence-corrected chi connectivity index (χ1v) is 9.83. The van der Waals surface area contributed by atoms with Crippen molar-refractivity contribution in [3.8, 4) is 0 Å². The molecule has 132 valence electrons. The Bertz CT molecular complexity index is 411. The van der Waals surface area contributed by atoms with Crippen molar-refractivity contribution in [2.45, 2.75) is 63.9 Å². The molecule has 1 atom stereocenters. The number of ether oxygens (including phenoxy) is 1. The molecule has 5 nitrogen and oxygen atoms in total. The van der Waals surface area contributed by atoms with Gasteiger partial charge in [0.15, 0.2) is 0 Å². The Kier molecular flexibility index (Phi) is 7.21. The van der Waals surface area contributed by atoms with E-state index in [-0.39, 0.29) is 17.9 Å². The smallest absolute Gasteiger partial charge is 0.232 e. The van der Waals surface area contributed by atoms with E-state index in [2.05, 4.69) is 19.2 Å². The van der Waals surface area contributed by atoms with Crippen LogP contribution in [0.5, 0.6) is 0 Å². The molecule has 2 fully saturated rings. The van der Waals surface area contributed by atoms with Crippen molar-refractivity contribution in [2.75, 3.05) is 25.4 Å². The van der Waals surface area contributed by atoms with Crippen LogP contribution in [-0.4, -0.2) is 59.6 Å². The highest BCUT2D eigenvalue weighted by molar-refractivity contribution is 8.00. The lowest BCUT2D eigenvalue weighted by Gasteiger charge is -2.41. The average molecular weight is 343 g/mol. The maximum absolute atomic E-state index is 12.1. The van der Waals surface area contributed by atoms with Crippen molar-refractivity contribution in [1.29, 1.82) is 0 Å². The fourth-order valence-electron chi connectivity index (χ4n) is 3.08. The van der Waals surface area contributed by atoms with Crippen LogP contribution in [0.3, 0.4) is 0 Å². The molecule has 1 unspecified atom stereocenters. The molecule has 1 heterocycles. The van der Waals surface area contributed by atoms with Gasteiger partial charge in [0.25, 0.3) is 0 Å². The Labute approximate surface area is 143 Å². The van der Waals surface area contributed by atoms with Gasteiger partial charge in [-0.15, -0.1) is 11.8 Å².